The molecular weight excluding hydrogens is 579 g/mol. The van der Waals surface area contributed by atoms with E-state index in [1.54, 1.807) is 24.5 Å². The van der Waals surface area contributed by atoms with Crippen LogP contribution in [-0.4, -0.2) is 34.4 Å². The Kier molecular flexibility index (Phi) is 8.45. The molecule has 3 heterocycles. The van der Waals surface area contributed by atoms with Gasteiger partial charge in [0, 0.05) is 23.3 Å². The largest absolute Gasteiger partial charge is 0.514 e. The van der Waals surface area contributed by atoms with Crippen LogP contribution >= 0.6 is 0 Å². The summed E-state index contributed by atoms with van der Waals surface area (Å²) in [5.74, 6) is 0.850. The third kappa shape index (κ3) is 6.42. The number of ether oxygens (including phenoxy) is 2. The van der Waals surface area contributed by atoms with Crippen LogP contribution in [0.25, 0.3) is 10.9 Å². The zero-order chi connectivity index (χ0) is 32.3. The lowest BCUT2D eigenvalue weighted by Gasteiger charge is -2.32. The van der Waals surface area contributed by atoms with E-state index in [-0.39, 0.29) is 12.4 Å². The molecule has 1 atom stereocenters. The average molecular weight is 612 g/mol. The highest BCUT2D eigenvalue weighted by molar-refractivity contribution is 6.62. The van der Waals surface area contributed by atoms with E-state index in [0.717, 1.165) is 22.0 Å². The zero-order valence-electron chi connectivity index (χ0n) is 26.1. The van der Waals surface area contributed by atoms with Gasteiger partial charge in [-0.25, -0.2) is 9.78 Å². The van der Waals surface area contributed by atoms with Crippen LogP contribution < -0.4 is 15.5 Å². The Bertz CT molecular complexity index is 1890. The Morgan fingerprint density at radius 3 is 2.39 bits per heavy atom. The molecule has 0 amide bonds. The zero-order valence-corrected chi connectivity index (χ0v) is 26.1. The van der Waals surface area contributed by atoms with Crippen LogP contribution in [0.15, 0.2) is 103 Å². The molecule has 1 fully saturated rings. The fourth-order valence-electron chi connectivity index (χ4n) is 5.20. The maximum absolute atomic E-state index is 13.2. The predicted molar refractivity (Wildman–Crippen MR) is 176 cm³/mol. The molecule has 2 aromatic heterocycles. The van der Waals surface area contributed by atoms with Crippen LogP contribution in [0.4, 0.5) is 10.6 Å². The summed E-state index contributed by atoms with van der Waals surface area (Å²) in [4.78, 5) is 22.2. The summed E-state index contributed by atoms with van der Waals surface area (Å²) in [6.07, 6.45) is 2.45. The summed E-state index contributed by atoms with van der Waals surface area (Å²) in [5, 5.41) is 13.8. The third-order valence-corrected chi connectivity index (χ3v) is 8.42. The molecule has 5 aromatic rings. The first kappa shape index (κ1) is 30.8. The van der Waals surface area contributed by atoms with E-state index in [2.05, 4.69) is 21.4 Å². The molecule has 0 spiro atoms. The van der Waals surface area contributed by atoms with Crippen LogP contribution in [0, 0.1) is 11.3 Å². The molecule has 3 aromatic carbocycles. The van der Waals surface area contributed by atoms with Crippen LogP contribution in [0.5, 0.6) is 5.75 Å². The summed E-state index contributed by atoms with van der Waals surface area (Å²) >= 11 is 0. The minimum atomic E-state index is -0.878. The van der Waals surface area contributed by atoms with Crippen LogP contribution in [-0.2, 0) is 20.7 Å². The lowest BCUT2D eigenvalue weighted by Crippen LogP contribution is -2.41. The molecule has 0 bridgehead atoms. The number of hydrogen-bond acceptors (Lipinski definition) is 9. The molecule has 1 aliphatic rings. The van der Waals surface area contributed by atoms with E-state index in [0.29, 0.717) is 22.5 Å². The molecule has 0 saturated carbocycles. The monoisotopic (exact) mass is 612 g/mol. The van der Waals surface area contributed by atoms with Crippen molar-refractivity contribution in [2.45, 2.75) is 51.5 Å². The number of benzene rings is 3. The Labute approximate surface area is 268 Å². The van der Waals surface area contributed by atoms with E-state index >= 15 is 0 Å². The van der Waals surface area contributed by atoms with Gasteiger partial charge in [-0.2, -0.15) is 5.26 Å². The number of anilines is 1. The van der Waals surface area contributed by atoms with Gasteiger partial charge in [-0.05, 0) is 74.6 Å². The van der Waals surface area contributed by atoms with E-state index in [4.69, 9.17) is 18.8 Å². The van der Waals surface area contributed by atoms with Crippen molar-refractivity contribution < 1.29 is 23.6 Å². The Hall–Kier alpha value is -5.24. The molecule has 1 unspecified atom stereocenters. The molecule has 10 heteroatoms. The molecule has 0 aliphatic carbocycles. The highest BCUT2D eigenvalue weighted by atomic mass is 16.7. The van der Waals surface area contributed by atoms with Gasteiger partial charge in [0.2, 0.25) is 0 Å². The van der Waals surface area contributed by atoms with Crippen LogP contribution in [0.3, 0.4) is 0 Å². The standard InChI is InChI=1S/C36H33BN4O5/c1-35(2)36(3,4)46-37(45-35)28-16-13-24(14-17-28)23-43-34(42)44-33-29(18-15-26-11-8-20-40-32(26)33)31(41-30-12-5-6-19-39-30)27-10-7-9-25(21-27)22-38/h5-21,31H,23H2,1-4H3,(H,39,41). The Morgan fingerprint density at radius 2 is 1.67 bits per heavy atom. The number of nitrogens with zero attached hydrogens (tertiary/aromatic N) is 3. The first-order chi connectivity index (χ1) is 22.1. The van der Waals surface area contributed by atoms with Gasteiger partial charge in [0.05, 0.1) is 28.9 Å². The van der Waals surface area contributed by atoms with Gasteiger partial charge >= 0.3 is 13.3 Å². The second kappa shape index (κ2) is 12.6. The summed E-state index contributed by atoms with van der Waals surface area (Å²) in [6, 6.07) is 29.5. The highest BCUT2D eigenvalue weighted by Gasteiger charge is 2.51. The van der Waals surface area contributed by atoms with Crippen molar-refractivity contribution in [3.63, 3.8) is 0 Å². The second-order valence-corrected chi connectivity index (χ2v) is 12.1. The minimum Gasteiger partial charge on any atom is -0.429 e. The van der Waals surface area contributed by atoms with Crippen molar-refractivity contribution in [1.82, 2.24) is 9.97 Å². The van der Waals surface area contributed by atoms with Crippen molar-refractivity contribution in [2.75, 3.05) is 5.32 Å². The Balaban J connectivity index is 1.26. The molecular formula is C36H33BN4O5. The van der Waals surface area contributed by atoms with Gasteiger partial charge in [0.15, 0.2) is 5.75 Å². The number of fused-ring (bicyclic) bond motifs is 1. The summed E-state index contributed by atoms with van der Waals surface area (Å²) in [5.41, 5.74) is 3.16. The molecule has 9 nitrogen and oxygen atoms in total. The molecule has 230 valence electrons. The van der Waals surface area contributed by atoms with Gasteiger partial charge in [-0.15, -0.1) is 0 Å². The molecule has 46 heavy (non-hydrogen) atoms. The molecule has 1 N–H and O–H groups in total. The van der Waals surface area contributed by atoms with Crippen molar-refractivity contribution in [2.24, 2.45) is 0 Å². The van der Waals surface area contributed by atoms with E-state index < -0.39 is 30.5 Å². The Morgan fingerprint density at radius 1 is 0.913 bits per heavy atom. The fraction of sp³-hybridized carbons (Fsp3) is 0.222. The van der Waals surface area contributed by atoms with Gasteiger partial charge in [-0.3, -0.25) is 4.98 Å². The van der Waals surface area contributed by atoms with E-state index in [1.807, 2.05) is 107 Å². The summed E-state index contributed by atoms with van der Waals surface area (Å²) in [6.45, 7) is 8.04. The van der Waals surface area contributed by atoms with Gasteiger partial charge in [0.1, 0.15) is 17.9 Å². The summed E-state index contributed by atoms with van der Waals surface area (Å²) in [7, 11) is -0.483. The fourth-order valence-corrected chi connectivity index (χ4v) is 5.20. The number of carbonyl (C=O) groups is 1. The summed E-state index contributed by atoms with van der Waals surface area (Å²) < 4.78 is 23.8. The number of rotatable bonds is 8. The van der Waals surface area contributed by atoms with Crippen LogP contribution in [0.1, 0.15) is 56.0 Å². The van der Waals surface area contributed by atoms with Crippen LogP contribution in [0.2, 0.25) is 0 Å². The number of nitriles is 1. The SMILES string of the molecule is CC1(C)OB(c2ccc(COC(=O)Oc3c(C(Nc4ccccn4)c4cccc(C#N)c4)ccc4cccnc34)cc2)OC1(C)C. The van der Waals surface area contributed by atoms with E-state index in [9.17, 15) is 10.1 Å². The first-order valence-electron chi connectivity index (χ1n) is 15.0. The van der Waals surface area contributed by atoms with Gasteiger partial charge in [0.25, 0.3) is 0 Å². The molecule has 6 rings (SSSR count). The molecule has 1 saturated heterocycles. The van der Waals surface area contributed by atoms with Crippen molar-refractivity contribution in [1.29, 1.82) is 5.26 Å². The predicted octanol–water partition coefficient (Wildman–Crippen LogP) is 6.72. The van der Waals surface area contributed by atoms with E-state index in [1.165, 1.54) is 0 Å². The lowest BCUT2D eigenvalue weighted by molar-refractivity contribution is 0.00578. The maximum Gasteiger partial charge on any atom is 0.514 e. The molecule has 0 radical (unpaired) electrons. The molecule has 1 aliphatic heterocycles. The van der Waals surface area contributed by atoms with Crippen molar-refractivity contribution in [3.8, 4) is 11.8 Å². The second-order valence-electron chi connectivity index (χ2n) is 12.1. The first-order valence-corrected chi connectivity index (χ1v) is 15.0. The normalized spacial score (nSPS) is 15.6. The topological polar surface area (TPSA) is 116 Å². The number of hydrogen-bond donors (Lipinski definition) is 1. The number of pyridine rings is 2. The quantitative estimate of drug-likeness (QED) is 0.116. The minimum absolute atomic E-state index is 0.00413. The van der Waals surface area contributed by atoms with Gasteiger partial charge < -0.3 is 24.1 Å². The number of carbonyl (C=O) groups excluding carboxylic acids is 1. The van der Waals surface area contributed by atoms with Crippen molar-refractivity contribution in [3.05, 3.63) is 126 Å². The number of aromatic nitrogens is 2. The van der Waals surface area contributed by atoms with Crippen molar-refractivity contribution >= 4 is 35.5 Å². The number of nitrogens with one attached hydrogen (secondary N) is 1. The highest BCUT2D eigenvalue weighted by Crippen LogP contribution is 2.38. The average Bonchev–Trinajstić information content (AvgIpc) is 3.29. The maximum atomic E-state index is 13.2. The van der Waals surface area contributed by atoms with Gasteiger partial charge in [-0.1, -0.05) is 60.7 Å². The lowest BCUT2D eigenvalue weighted by atomic mass is 9.79. The third-order valence-electron chi connectivity index (χ3n) is 8.42. The smallest absolute Gasteiger partial charge is 0.429 e.